The van der Waals surface area contributed by atoms with E-state index in [1.165, 1.54) is 11.3 Å². The molecule has 3 nitrogen and oxygen atoms in total. The molecule has 0 saturated heterocycles. The van der Waals surface area contributed by atoms with Crippen molar-refractivity contribution in [3.05, 3.63) is 23.2 Å². The quantitative estimate of drug-likeness (QED) is 0.891. The van der Waals surface area contributed by atoms with E-state index in [1.807, 2.05) is 32.9 Å². The fourth-order valence-corrected chi connectivity index (χ4v) is 2.76. The number of benzene rings is 1. The number of amides is 1. The van der Waals surface area contributed by atoms with Crippen molar-refractivity contribution in [1.82, 2.24) is 4.98 Å². The van der Waals surface area contributed by atoms with Crippen molar-refractivity contribution in [2.45, 2.75) is 27.2 Å². The van der Waals surface area contributed by atoms with Crippen molar-refractivity contribution in [2.75, 3.05) is 5.32 Å². The predicted octanol–water partition coefficient (Wildman–Crippen LogP) is 4.32. The standard InChI is InChI=1S/C13H15ClN2OS/c1-13(2,3)7-11(17)16-12-15-9-5-4-8(14)6-10(9)18-12/h4-6H,7H2,1-3H3,(H,15,16,17). The molecule has 96 valence electrons. The second-order valence-corrected chi connectivity index (χ2v) is 6.88. The molecule has 0 spiro atoms. The Morgan fingerprint density at radius 1 is 1.44 bits per heavy atom. The molecule has 5 heteroatoms. The third-order valence-corrected chi connectivity index (χ3v) is 3.46. The smallest absolute Gasteiger partial charge is 0.226 e. The number of halogens is 1. The fraction of sp³-hybridized carbons (Fsp3) is 0.385. The number of nitrogens with one attached hydrogen (secondary N) is 1. The van der Waals surface area contributed by atoms with E-state index in [1.54, 1.807) is 6.07 Å². The first-order valence-corrected chi connectivity index (χ1v) is 6.89. The van der Waals surface area contributed by atoms with Crippen molar-refractivity contribution in [3.8, 4) is 0 Å². The highest BCUT2D eigenvalue weighted by Crippen LogP contribution is 2.29. The van der Waals surface area contributed by atoms with Crippen molar-refractivity contribution in [2.24, 2.45) is 5.41 Å². The van der Waals surface area contributed by atoms with Gasteiger partial charge in [-0.05, 0) is 23.6 Å². The largest absolute Gasteiger partial charge is 0.302 e. The van der Waals surface area contributed by atoms with Crippen molar-refractivity contribution >= 4 is 44.2 Å². The van der Waals surface area contributed by atoms with Gasteiger partial charge in [0.05, 0.1) is 10.2 Å². The SMILES string of the molecule is CC(C)(C)CC(=O)Nc1nc2ccc(Cl)cc2s1. The van der Waals surface area contributed by atoms with E-state index in [4.69, 9.17) is 11.6 Å². The van der Waals surface area contributed by atoms with Gasteiger partial charge < -0.3 is 5.32 Å². The Labute approximate surface area is 115 Å². The second kappa shape index (κ2) is 4.86. The molecule has 1 aromatic heterocycles. The number of hydrogen-bond acceptors (Lipinski definition) is 3. The van der Waals surface area contributed by atoms with Gasteiger partial charge in [-0.1, -0.05) is 43.7 Å². The summed E-state index contributed by atoms with van der Waals surface area (Å²) in [7, 11) is 0. The summed E-state index contributed by atoms with van der Waals surface area (Å²) in [5, 5.41) is 4.14. The Kier molecular flexibility index (Phi) is 3.59. The number of thiazole rings is 1. The van der Waals surface area contributed by atoms with Crippen molar-refractivity contribution < 1.29 is 4.79 Å². The Hall–Kier alpha value is -1.13. The minimum absolute atomic E-state index is 0.00680. The molecule has 2 rings (SSSR count). The van der Waals surface area contributed by atoms with Crippen LogP contribution in [0.4, 0.5) is 5.13 Å². The normalized spacial score (nSPS) is 11.8. The van der Waals surface area contributed by atoms with Crippen LogP contribution in [-0.2, 0) is 4.79 Å². The lowest BCUT2D eigenvalue weighted by Crippen LogP contribution is -2.19. The van der Waals surface area contributed by atoms with Crippen molar-refractivity contribution in [3.63, 3.8) is 0 Å². The summed E-state index contributed by atoms with van der Waals surface area (Å²) >= 11 is 7.35. The molecule has 18 heavy (non-hydrogen) atoms. The van der Waals surface area contributed by atoms with Gasteiger partial charge in [0.1, 0.15) is 0 Å². The monoisotopic (exact) mass is 282 g/mol. The van der Waals surface area contributed by atoms with Crippen LogP contribution in [0, 0.1) is 5.41 Å². The van der Waals surface area contributed by atoms with E-state index in [0.717, 1.165) is 10.2 Å². The lowest BCUT2D eigenvalue weighted by Gasteiger charge is -2.16. The summed E-state index contributed by atoms with van der Waals surface area (Å²) in [6, 6.07) is 5.51. The summed E-state index contributed by atoms with van der Waals surface area (Å²) in [5.41, 5.74) is 0.833. The van der Waals surface area contributed by atoms with Crippen LogP contribution in [0.15, 0.2) is 18.2 Å². The average Bonchev–Trinajstić information content (AvgIpc) is 2.55. The number of aromatic nitrogens is 1. The van der Waals surface area contributed by atoms with E-state index < -0.39 is 0 Å². The van der Waals surface area contributed by atoms with Crippen LogP contribution in [0.5, 0.6) is 0 Å². The molecule has 2 aromatic rings. The molecule has 1 N–H and O–H groups in total. The van der Waals surface area contributed by atoms with Gasteiger partial charge in [-0.15, -0.1) is 0 Å². The summed E-state index contributed by atoms with van der Waals surface area (Å²) < 4.78 is 0.980. The third kappa shape index (κ3) is 3.43. The van der Waals surface area contributed by atoms with Crippen LogP contribution in [0.1, 0.15) is 27.2 Å². The molecule has 1 amide bonds. The minimum Gasteiger partial charge on any atom is -0.302 e. The summed E-state index contributed by atoms with van der Waals surface area (Å²) in [4.78, 5) is 16.2. The van der Waals surface area contributed by atoms with Crippen LogP contribution in [-0.4, -0.2) is 10.9 Å². The first kappa shape index (κ1) is 13.3. The molecule has 0 atom stereocenters. The lowest BCUT2D eigenvalue weighted by atomic mass is 9.92. The maximum atomic E-state index is 11.8. The van der Waals surface area contributed by atoms with Crippen LogP contribution < -0.4 is 5.32 Å². The highest BCUT2D eigenvalue weighted by molar-refractivity contribution is 7.22. The Morgan fingerprint density at radius 3 is 2.83 bits per heavy atom. The number of fused-ring (bicyclic) bond motifs is 1. The molecule has 0 radical (unpaired) electrons. The van der Waals surface area contributed by atoms with Gasteiger partial charge in [-0.2, -0.15) is 0 Å². The van der Waals surface area contributed by atoms with Gasteiger partial charge in [0.25, 0.3) is 0 Å². The summed E-state index contributed by atoms with van der Waals surface area (Å²) in [5.74, 6) is -0.00680. The average molecular weight is 283 g/mol. The highest BCUT2D eigenvalue weighted by Gasteiger charge is 2.17. The lowest BCUT2D eigenvalue weighted by molar-refractivity contribution is -0.117. The van der Waals surface area contributed by atoms with E-state index in [0.29, 0.717) is 16.6 Å². The Morgan fingerprint density at radius 2 is 2.17 bits per heavy atom. The summed E-state index contributed by atoms with van der Waals surface area (Å²) in [6.07, 6.45) is 0.476. The zero-order valence-electron chi connectivity index (χ0n) is 10.6. The Bertz CT molecular complexity index is 586. The van der Waals surface area contributed by atoms with Gasteiger partial charge in [-0.25, -0.2) is 4.98 Å². The number of carbonyl (C=O) groups excluding carboxylic acids is 1. The Balaban J connectivity index is 2.15. The zero-order valence-corrected chi connectivity index (χ0v) is 12.2. The molecule has 0 saturated carbocycles. The highest BCUT2D eigenvalue weighted by atomic mass is 35.5. The van der Waals surface area contributed by atoms with Crippen LogP contribution >= 0.6 is 22.9 Å². The van der Waals surface area contributed by atoms with E-state index in [-0.39, 0.29) is 11.3 Å². The third-order valence-electron chi connectivity index (χ3n) is 2.29. The zero-order chi connectivity index (χ0) is 13.3. The van der Waals surface area contributed by atoms with Gasteiger partial charge >= 0.3 is 0 Å². The topological polar surface area (TPSA) is 42.0 Å². The fourth-order valence-electron chi connectivity index (χ4n) is 1.60. The maximum Gasteiger partial charge on any atom is 0.226 e. The van der Waals surface area contributed by atoms with E-state index in [9.17, 15) is 4.79 Å². The van der Waals surface area contributed by atoms with Crippen LogP contribution in [0.3, 0.4) is 0 Å². The first-order valence-electron chi connectivity index (χ1n) is 5.69. The molecule has 1 heterocycles. The number of nitrogens with zero attached hydrogens (tertiary/aromatic N) is 1. The maximum absolute atomic E-state index is 11.8. The number of carbonyl (C=O) groups is 1. The molecule has 0 aliphatic heterocycles. The molecule has 1 aromatic carbocycles. The molecular weight excluding hydrogens is 268 g/mol. The van der Waals surface area contributed by atoms with Crippen LogP contribution in [0.25, 0.3) is 10.2 Å². The van der Waals surface area contributed by atoms with E-state index in [2.05, 4.69) is 10.3 Å². The van der Waals surface area contributed by atoms with Crippen LogP contribution in [0.2, 0.25) is 5.02 Å². The van der Waals surface area contributed by atoms with Gasteiger partial charge in [0, 0.05) is 11.4 Å². The van der Waals surface area contributed by atoms with Gasteiger partial charge in [0.2, 0.25) is 5.91 Å². The second-order valence-electron chi connectivity index (χ2n) is 5.42. The number of anilines is 1. The van der Waals surface area contributed by atoms with Crippen molar-refractivity contribution in [1.29, 1.82) is 0 Å². The molecular formula is C13H15ClN2OS. The minimum atomic E-state index is -0.0237. The molecule has 0 aliphatic rings. The summed E-state index contributed by atoms with van der Waals surface area (Å²) in [6.45, 7) is 6.10. The predicted molar refractivity (Wildman–Crippen MR) is 77.3 cm³/mol. The number of hydrogen-bond donors (Lipinski definition) is 1. The molecule has 0 aliphatic carbocycles. The number of rotatable bonds is 2. The van der Waals surface area contributed by atoms with E-state index >= 15 is 0 Å². The van der Waals surface area contributed by atoms with Gasteiger partial charge in [0.15, 0.2) is 5.13 Å². The molecule has 0 fully saturated rings. The first-order chi connectivity index (χ1) is 8.33. The van der Waals surface area contributed by atoms with Gasteiger partial charge in [-0.3, -0.25) is 4.79 Å². The molecule has 0 bridgehead atoms. The molecule has 0 unspecified atom stereocenters.